The molecule has 2 amide bonds. The molecule has 1 heterocycles. The van der Waals surface area contributed by atoms with Crippen molar-refractivity contribution in [1.82, 2.24) is 4.90 Å². The molecule has 0 N–H and O–H groups in total. The molecular weight excluding hydrogens is 462 g/mol. The molecule has 0 saturated carbocycles. The van der Waals surface area contributed by atoms with Crippen molar-refractivity contribution in [2.75, 3.05) is 13.2 Å². The highest BCUT2D eigenvalue weighted by atomic mass is 79.9. The van der Waals surface area contributed by atoms with Gasteiger partial charge in [-0.1, -0.05) is 46.3 Å². The van der Waals surface area contributed by atoms with Gasteiger partial charge in [0.05, 0.1) is 23.2 Å². The van der Waals surface area contributed by atoms with Crippen LogP contribution < -0.4 is 4.74 Å². The average Bonchev–Trinajstić information content (AvgIpc) is 3.02. The molecule has 0 spiro atoms. The number of carbonyl (C=O) groups is 3. The van der Waals surface area contributed by atoms with Crippen LogP contribution in [0.15, 0.2) is 77.3 Å². The first-order valence-electron chi connectivity index (χ1n) is 9.62. The first-order chi connectivity index (χ1) is 15.0. The second kappa shape index (κ2) is 9.14. The van der Waals surface area contributed by atoms with E-state index >= 15 is 0 Å². The number of ether oxygens (including phenoxy) is 2. The van der Waals surface area contributed by atoms with Crippen LogP contribution in [0.1, 0.15) is 36.6 Å². The van der Waals surface area contributed by atoms with Gasteiger partial charge in [0.25, 0.3) is 11.8 Å². The summed E-state index contributed by atoms with van der Waals surface area (Å²) >= 11 is 3.37. The summed E-state index contributed by atoms with van der Waals surface area (Å²) in [6.45, 7) is 0.393. The minimum atomic E-state index is -0.498. The second-order valence-electron chi connectivity index (χ2n) is 6.88. The SMILES string of the molecule is O=C(OCCOc1cccc(Br)c1)c1cccc(CN2C(=O)c3ccccc3C2=O)c1. The molecule has 1 aliphatic heterocycles. The van der Waals surface area contributed by atoms with Crippen LogP contribution >= 0.6 is 15.9 Å². The smallest absolute Gasteiger partial charge is 0.338 e. The van der Waals surface area contributed by atoms with E-state index in [0.29, 0.717) is 28.0 Å². The molecule has 1 aliphatic rings. The number of hydrogen-bond acceptors (Lipinski definition) is 5. The zero-order valence-electron chi connectivity index (χ0n) is 16.4. The van der Waals surface area contributed by atoms with Crippen LogP contribution in [0.4, 0.5) is 0 Å². The third kappa shape index (κ3) is 4.67. The number of nitrogens with zero attached hydrogens (tertiary/aromatic N) is 1. The van der Waals surface area contributed by atoms with Crippen molar-refractivity contribution in [3.05, 3.63) is 99.5 Å². The maximum atomic E-state index is 12.5. The van der Waals surface area contributed by atoms with E-state index in [-0.39, 0.29) is 31.6 Å². The first-order valence-corrected chi connectivity index (χ1v) is 10.4. The van der Waals surface area contributed by atoms with E-state index in [1.54, 1.807) is 48.5 Å². The molecule has 6 nitrogen and oxygen atoms in total. The van der Waals surface area contributed by atoms with Crippen LogP contribution in [0.3, 0.4) is 0 Å². The summed E-state index contributed by atoms with van der Waals surface area (Å²) in [5.74, 6) is -0.494. The van der Waals surface area contributed by atoms with Gasteiger partial charge >= 0.3 is 5.97 Å². The fourth-order valence-corrected chi connectivity index (χ4v) is 3.67. The predicted molar refractivity (Wildman–Crippen MR) is 117 cm³/mol. The van der Waals surface area contributed by atoms with Gasteiger partial charge in [0.1, 0.15) is 19.0 Å². The predicted octanol–water partition coefficient (Wildman–Crippen LogP) is 4.48. The number of amides is 2. The lowest BCUT2D eigenvalue weighted by Crippen LogP contribution is -2.29. The zero-order chi connectivity index (χ0) is 21.8. The number of fused-ring (bicyclic) bond motifs is 1. The summed E-state index contributed by atoms with van der Waals surface area (Å²) in [7, 11) is 0. The van der Waals surface area contributed by atoms with E-state index in [9.17, 15) is 14.4 Å². The maximum absolute atomic E-state index is 12.5. The molecule has 0 atom stereocenters. The summed E-state index contributed by atoms with van der Waals surface area (Å²) in [5.41, 5.74) is 1.80. The topological polar surface area (TPSA) is 72.9 Å². The van der Waals surface area contributed by atoms with Gasteiger partial charge in [-0.25, -0.2) is 4.79 Å². The molecule has 3 aromatic carbocycles. The lowest BCUT2D eigenvalue weighted by Gasteiger charge is -2.14. The fraction of sp³-hybridized carbons (Fsp3) is 0.125. The van der Waals surface area contributed by atoms with Gasteiger partial charge < -0.3 is 9.47 Å². The van der Waals surface area contributed by atoms with Crippen molar-refractivity contribution in [3.63, 3.8) is 0 Å². The van der Waals surface area contributed by atoms with E-state index in [2.05, 4.69) is 15.9 Å². The number of halogens is 1. The fourth-order valence-electron chi connectivity index (χ4n) is 3.30. The minimum Gasteiger partial charge on any atom is -0.490 e. The van der Waals surface area contributed by atoms with Crippen molar-refractivity contribution in [2.24, 2.45) is 0 Å². The second-order valence-corrected chi connectivity index (χ2v) is 7.80. The van der Waals surface area contributed by atoms with Crippen LogP contribution in [0.5, 0.6) is 5.75 Å². The minimum absolute atomic E-state index is 0.0828. The molecule has 0 radical (unpaired) electrons. The first kappa shape index (κ1) is 20.8. The normalized spacial score (nSPS) is 12.6. The van der Waals surface area contributed by atoms with E-state index in [1.165, 1.54) is 4.90 Å². The van der Waals surface area contributed by atoms with Gasteiger partial charge in [0.2, 0.25) is 0 Å². The van der Waals surface area contributed by atoms with Crippen LogP contribution in [-0.4, -0.2) is 35.9 Å². The Hall–Kier alpha value is -3.45. The van der Waals surface area contributed by atoms with Gasteiger partial charge in [-0.05, 0) is 48.0 Å². The third-order valence-corrected chi connectivity index (χ3v) is 5.26. The third-order valence-electron chi connectivity index (χ3n) is 4.76. The molecule has 0 bridgehead atoms. The number of benzene rings is 3. The van der Waals surface area contributed by atoms with Gasteiger partial charge in [0, 0.05) is 4.47 Å². The Kier molecular flexibility index (Phi) is 6.13. The molecule has 0 saturated heterocycles. The number of hydrogen-bond donors (Lipinski definition) is 0. The quantitative estimate of drug-likeness (QED) is 0.283. The highest BCUT2D eigenvalue weighted by Crippen LogP contribution is 2.24. The Morgan fingerprint density at radius 1 is 0.839 bits per heavy atom. The summed E-state index contributed by atoms with van der Waals surface area (Å²) in [4.78, 5) is 38.6. The highest BCUT2D eigenvalue weighted by Gasteiger charge is 2.35. The zero-order valence-corrected chi connectivity index (χ0v) is 18.0. The lowest BCUT2D eigenvalue weighted by molar-refractivity contribution is 0.0450. The Morgan fingerprint density at radius 3 is 2.26 bits per heavy atom. The van der Waals surface area contributed by atoms with Crippen molar-refractivity contribution in [3.8, 4) is 5.75 Å². The summed E-state index contributed by atoms with van der Waals surface area (Å²) < 4.78 is 11.7. The van der Waals surface area contributed by atoms with Crippen LogP contribution in [0, 0.1) is 0 Å². The van der Waals surface area contributed by atoms with Crippen LogP contribution in [0.2, 0.25) is 0 Å². The molecule has 7 heteroatoms. The van der Waals surface area contributed by atoms with E-state index in [1.807, 2.05) is 24.3 Å². The van der Waals surface area contributed by atoms with Crippen LogP contribution in [0.25, 0.3) is 0 Å². The summed E-state index contributed by atoms with van der Waals surface area (Å²) in [5, 5.41) is 0. The van der Waals surface area contributed by atoms with Gasteiger partial charge in [-0.2, -0.15) is 0 Å². The Bertz CT molecular complexity index is 1120. The molecular formula is C24H18BrNO5. The molecule has 156 valence electrons. The molecule has 4 rings (SSSR count). The molecule has 31 heavy (non-hydrogen) atoms. The lowest BCUT2D eigenvalue weighted by atomic mass is 10.1. The van der Waals surface area contributed by atoms with Gasteiger partial charge in [0.15, 0.2) is 0 Å². The number of esters is 1. The van der Waals surface area contributed by atoms with Gasteiger partial charge in [-0.3, -0.25) is 14.5 Å². The number of rotatable bonds is 7. The molecule has 0 unspecified atom stereocenters. The standard InChI is InChI=1S/C24H18BrNO5/c25-18-7-4-8-19(14-18)30-11-12-31-24(29)17-6-3-5-16(13-17)15-26-22(27)20-9-1-2-10-21(20)23(26)28/h1-10,13-14H,11-12,15H2. The monoisotopic (exact) mass is 479 g/mol. The van der Waals surface area contributed by atoms with Crippen molar-refractivity contribution < 1.29 is 23.9 Å². The Morgan fingerprint density at radius 2 is 1.55 bits per heavy atom. The summed E-state index contributed by atoms with van der Waals surface area (Å²) in [6, 6.07) is 20.8. The molecule has 0 fully saturated rings. The van der Waals surface area contributed by atoms with Crippen molar-refractivity contribution in [2.45, 2.75) is 6.54 Å². The summed E-state index contributed by atoms with van der Waals surface area (Å²) in [6.07, 6.45) is 0. The Labute approximate surface area is 187 Å². The largest absolute Gasteiger partial charge is 0.490 e. The van der Waals surface area contributed by atoms with Crippen LogP contribution in [-0.2, 0) is 11.3 Å². The van der Waals surface area contributed by atoms with E-state index < -0.39 is 5.97 Å². The maximum Gasteiger partial charge on any atom is 0.338 e. The number of carbonyl (C=O) groups excluding carboxylic acids is 3. The molecule has 0 aromatic heterocycles. The van der Waals surface area contributed by atoms with E-state index in [4.69, 9.17) is 9.47 Å². The van der Waals surface area contributed by atoms with Gasteiger partial charge in [-0.15, -0.1) is 0 Å². The van der Waals surface area contributed by atoms with Crippen molar-refractivity contribution >= 4 is 33.7 Å². The Balaban J connectivity index is 1.34. The molecule has 3 aromatic rings. The van der Waals surface area contributed by atoms with E-state index in [0.717, 1.165) is 4.47 Å². The molecule has 0 aliphatic carbocycles. The number of imide groups is 1. The van der Waals surface area contributed by atoms with Crippen molar-refractivity contribution in [1.29, 1.82) is 0 Å². The highest BCUT2D eigenvalue weighted by molar-refractivity contribution is 9.10. The average molecular weight is 480 g/mol.